The zero-order valence-electron chi connectivity index (χ0n) is 18.1. The van der Waals surface area contributed by atoms with E-state index >= 15 is 0 Å². The van der Waals surface area contributed by atoms with Gasteiger partial charge in [-0.1, -0.05) is 32.0 Å². The van der Waals surface area contributed by atoms with E-state index in [0.29, 0.717) is 24.1 Å². The molecule has 0 bridgehead atoms. The summed E-state index contributed by atoms with van der Waals surface area (Å²) in [7, 11) is 1.79. The lowest BCUT2D eigenvalue weighted by Crippen LogP contribution is -2.51. The van der Waals surface area contributed by atoms with Crippen LogP contribution in [-0.2, 0) is 4.74 Å². The average molecular weight is 404 g/mol. The van der Waals surface area contributed by atoms with Crippen molar-refractivity contribution in [2.75, 3.05) is 53.0 Å². The molecule has 29 heavy (non-hydrogen) atoms. The molecule has 1 atom stereocenters. The van der Waals surface area contributed by atoms with Crippen molar-refractivity contribution in [3.05, 3.63) is 35.9 Å². The van der Waals surface area contributed by atoms with Crippen LogP contribution in [-0.4, -0.2) is 75.8 Å². The molecule has 1 heterocycles. The van der Waals surface area contributed by atoms with Crippen LogP contribution in [0, 0.1) is 5.92 Å². The standard InChI is InChI=1S/C22H37N5O2/c1-18(2)16-20(27-12-14-29-15-13-27)17-26-22(23-3)25-11-7-10-24-21(28)19-8-5-4-6-9-19/h4-6,8-9,18,20H,7,10-17H2,1-3H3,(H,24,28)(H2,23,25,26). The number of carbonyl (C=O) groups excluding carboxylic acids is 1. The summed E-state index contributed by atoms with van der Waals surface area (Å²) >= 11 is 0. The highest BCUT2D eigenvalue weighted by atomic mass is 16.5. The molecular formula is C22H37N5O2. The minimum atomic E-state index is -0.0323. The van der Waals surface area contributed by atoms with Gasteiger partial charge in [0, 0.05) is 51.4 Å². The van der Waals surface area contributed by atoms with Gasteiger partial charge in [-0.2, -0.15) is 0 Å². The van der Waals surface area contributed by atoms with Crippen molar-refractivity contribution in [3.8, 4) is 0 Å². The minimum absolute atomic E-state index is 0.0323. The van der Waals surface area contributed by atoms with Crippen LogP contribution in [0.2, 0.25) is 0 Å². The van der Waals surface area contributed by atoms with E-state index in [-0.39, 0.29) is 5.91 Å². The largest absolute Gasteiger partial charge is 0.379 e. The second-order valence-electron chi connectivity index (χ2n) is 7.79. The Bertz CT molecular complexity index is 615. The number of nitrogens with zero attached hydrogens (tertiary/aromatic N) is 2. The van der Waals surface area contributed by atoms with Crippen molar-refractivity contribution >= 4 is 11.9 Å². The lowest BCUT2D eigenvalue weighted by molar-refractivity contribution is 0.0132. The molecule has 1 fully saturated rings. The van der Waals surface area contributed by atoms with E-state index in [0.717, 1.165) is 58.2 Å². The van der Waals surface area contributed by atoms with Crippen molar-refractivity contribution in [3.63, 3.8) is 0 Å². The van der Waals surface area contributed by atoms with Gasteiger partial charge in [0.2, 0.25) is 0 Å². The van der Waals surface area contributed by atoms with Crippen molar-refractivity contribution in [2.24, 2.45) is 10.9 Å². The molecule has 1 aromatic carbocycles. The second kappa shape index (κ2) is 13.2. The molecule has 0 radical (unpaired) electrons. The zero-order chi connectivity index (χ0) is 20.9. The summed E-state index contributed by atoms with van der Waals surface area (Å²) in [5.74, 6) is 1.42. The molecule has 1 unspecified atom stereocenters. The fourth-order valence-corrected chi connectivity index (χ4v) is 3.47. The Kier molecular flexibility index (Phi) is 10.5. The van der Waals surface area contributed by atoms with Crippen LogP contribution in [0.4, 0.5) is 0 Å². The van der Waals surface area contributed by atoms with Gasteiger partial charge < -0.3 is 20.7 Å². The Balaban J connectivity index is 1.67. The van der Waals surface area contributed by atoms with E-state index in [9.17, 15) is 4.79 Å². The highest BCUT2D eigenvalue weighted by Gasteiger charge is 2.22. The van der Waals surface area contributed by atoms with Crippen molar-refractivity contribution in [1.82, 2.24) is 20.9 Å². The Morgan fingerprint density at radius 1 is 1.10 bits per heavy atom. The molecule has 162 valence electrons. The molecule has 1 aliphatic heterocycles. The van der Waals surface area contributed by atoms with Crippen LogP contribution in [0.3, 0.4) is 0 Å². The number of benzene rings is 1. The van der Waals surface area contributed by atoms with Crippen LogP contribution in [0.25, 0.3) is 0 Å². The maximum atomic E-state index is 12.0. The smallest absolute Gasteiger partial charge is 0.251 e. The highest BCUT2D eigenvalue weighted by Crippen LogP contribution is 2.12. The SMILES string of the molecule is CN=C(NCCCNC(=O)c1ccccc1)NCC(CC(C)C)N1CCOCC1. The molecule has 0 saturated carbocycles. The summed E-state index contributed by atoms with van der Waals surface area (Å²) in [5.41, 5.74) is 0.692. The number of hydrogen-bond donors (Lipinski definition) is 3. The van der Waals surface area contributed by atoms with Gasteiger partial charge >= 0.3 is 0 Å². The first kappa shape index (κ1) is 23.2. The van der Waals surface area contributed by atoms with Gasteiger partial charge in [-0.3, -0.25) is 14.7 Å². The first-order valence-corrected chi connectivity index (χ1v) is 10.7. The molecule has 0 aromatic heterocycles. The molecule has 1 aliphatic rings. The molecule has 0 spiro atoms. The van der Waals surface area contributed by atoms with Gasteiger partial charge in [-0.15, -0.1) is 0 Å². The second-order valence-corrected chi connectivity index (χ2v) is 7.79. The van der Waals surface area contributed by atoms with Crippen molar-refractivity contribution < 1.29 is 9.53 Å². The number of rotatable bonds is 10. The summed E-state index contributed by atoms with van der Waals surface area (Å²) in [4.78, 5) is 18.9. The quantitative estimate of drug-likeness (QED) is 0.315. The lowest BCUT2D eigenvalue weighted by Gasteiger charge is -2.35. The average Bonchev–Trinajstić information content (AvgIpc) is 2.75. The van der Waals surface area contributed by atoms with E-state index in [4.69, 9.17) is 4.74 Å². The maximum absolute atomic E-state index is 12.0. The third-order valence-corrected chi connectivity index (χ3v) is 5.00. The van der Waals surface area contributed by atoms with Gasteiger partial charge in [0.05, 0.1) is 13.2 Å². The molecule has 0 aliphatic carbocycles. The van der Waals surface area contributed by atoms with E-state index in [1.54, 1.807) is 7.05 Å². The Morgan fingerprint density at radius 3 is 2.45 bits per heavy atom. The van der Waals surface area contributed by atoms with Crippen LogP contribution in [0.1, 0.15) is 37.0 Å². The number of carbonyl (C=O) groups is 1. The third kappa shape index (κ3) is 8.83. The fraction of sp³-hybridized carbons (Fsp3) is 0.636. The van der Waals surface area contributed by atoms with Crippen molar-refractivity contribution in [1.29, 1.82) is 0 Å². The molecule has 1 aromatic rings. The van der Waals surface area contributed by atoms with E-state index in [1.165, 1.54) is 0 Å². The molecule has 3 N–H and O–H groups in total. The number of nitrogens with one attached hydrogen (secondary N) is 3. The van der Waals surface area contributed by atoms with Gasteiger partial charge in [-0.25, -0.2) is 0 Å². The topological polar surface area (TPSA) is 78.0 Å². The Hall–Kier alpha value is -2.12. The maximum Gasteiger partial charge on any atom is 0.251 e. The predicted molar refractivity (Wildman–Crippen MR) is 118 cm³/mol. The van der Waals surface area contributed by atoms with Gasteiger partial charge in [0.25, 0.3) is 5.91 Å². The minimum Gasteiger partial charge on any atom is -0.379 e. The summed E-state index contributed by atoms with van der Waals surface area (Å²) in [6.45, 7) is 10.4. The summed E-state index contributed by atoms with van der Waals surface area (Å²) in [6, 6.07) is 9.76. The predicted octanol–water partition coefficient (Wildman–Crippen LogP) is 1.72. The third-order valence-electron chi connectivity index (χ3n) is 5.00. The molecular weight excluding hydrogens is 366 g/mol. The highest BCUT2D eigenvalue weighted by molar-refractivity contribution is 5.94. The normalized spacial score (nSPS) is 16.5. The molecule has 7 nitrogen and oxygen atoms in total. The van der Waals surface area contributed by atoms with Crippen LogP contribution in [0.15, 0.2) is 35.3 Å². The van der Waals surface area contributed by atoms with Crippen molar-refractivity contribution in [2.45, 2.75) is 32.7 Å². The molecule has 2 rings (SSSR count). The van der Waals surface area contributed by atoms with Gasteiger partial charge in [-0.05, 0) is 30.9 Å². The fourth-order valence-electron chi connectivity index (χ4n) is 3.47. The number of ether oxygens (including phenoxy) is 1. The summed E-state index contributed by atoms with van der Waals surface area (Å²) in [5, 5.41) is 9.75. The summed E-state index contributed by atoms with van der Waals surface area (Å²) < 4.78 is 5.49. The Labute approximate surface area is 175 Å². The summed E-state index contributed by atoms with van der Waals surface area (Å²) in [6.07, 6.45) is 1.98. The molecule has 7 heteroatoms. The van der Waals surface area contributed by atoms with Gasteiger partial charge in [0.1, 0.15) is 0 Å². The first-order valence-electron chi connectivity index (χ1n) is 10.7. The number of morpholine rings is 1. The van der Waals surface area contributed by atoms with E-state index in [1.807, 2.05) is 30.3 Å². The Morgan fingerprint density at radius 2 is 1.79 bits per heavy atom. The van der Waals surface area contributed by atoms with E-state index < -0.39 is 0 Å². The number of amides is 1. The van der Waals surface area contributed by atoms with E-state index in [2.05, 4.69) is 39.7 Å². The monoisotopic (exact) mass is 403 g/mol. The van der Waals surface area contributed by atoms with Crippen LogP contribution >= 0.6 is 0 Å². The first-order chi connectivity index (χ1) is 14.1. The van der Waals surface area contributed by atoms with Crippen LogP contribution < -0.4 is 16.0 Å². The van der Waals surface area contributed by atoms with Gasteiger partial charge in [0.15, 0.2) is 5.96 Å². The number of guanidine groups is 1. The lowest BCUT2D eigenvalue weighted by atomic mass is 10.0. The van der Waals surface area contributed by atoms with Crippen LogP contribution in [0.5, 0.6) is 0 Å². The molecule has 1 amide bonds. The zero-order valence-corrected chi connectivity index (χ0v) is 18.1. The number of hydrogen-bond acceptors (Lipinski definition) is 4. The molecule has 1 saturated heterocycles. The number of aliphatic imine (C=N–C) groups is 1.